The Morgan fingerprint density at radius 2 is 1.89 bits per heavy atom. The molecular formula is C28H27Cl2N5O3. The third-order valence-corrected chi connectivity index (χ3v) is 7.24. The van der Waals surface area contributed by atoms with Gasteiger partial charge in [0.05, 0.1) is 16.0 Å². The maximum atomic E-state index is 13.6. The number of ketones is 1. The van der Waals surface area contributed by atoms with E-state index < -0.39 is 0 Å². The number of hydrogen-bond donors (Lipinski definition) is 2. The molecule has 2 N–H and O–H groups in total. The minimum Gasteiger partial charge on any atom is -0.457 e. The average Bonchev–Trinajstić information content (AvgIpc) is 3.24. The standard InChI is InChI=1S/C28H27Cl2N5O3/c29-14-24(36)35-12-6-2-3-7-18(35)15-31-27-25-22(16-32-28(25)34-17-33-27)26(37)21-11-10-20(13-23(21)30)38-19-8-4-1-5-9-19/h1,4-5,8-11,13,16-18H,2-3,6-7,12,14-15H2,(H2,31,32,33,34). The zero-order valence-corrected chi connectivity index (χ0v) is 22.1. The highest BCUT2D eigenvalue weighted by molar-refractivity contribution is 6.35. The van der Waals surface area contributed by atoms with Crippen LogP contribution in [0.1, 0.15) is 41.6 Å². The van der Waals surface area contributed by atoms with Gasteiger partial charge in [-0.25, -0.2) is 9.97 Å². The molecule has 1 saturated heterocycles. The predicted molar refractivity (Wildman–Crippen MR) is 148 cm³/mol. The highest BCUT2D eigenvalue weighted by Crippen LogP contribution is 2.31. The van der Waals surface area contributed by atoms with E-state index in [-0.39, 0.29) is 28.6 Å². The number of amides is 1. The topological polar surface area (TPSA) is 100 Å². The monoisotopic (exact) mass is 551 g/mol. The quantitative estimate of drug-likeness (QED) is 0.204. The molecule has 3 heterocycles. The highest BCUT2D eigenvalue weighted by Gasteiger charge is 2.26. The van der Waals surface area contributed by atoms with Gasteiger partial charge in [0.1, 0.15) is 35.2 Å². The minimum absolute atomic E-state index is 0.0153. The second-order valence-electron chi connectivity index (χ2n) is 9.14. The van der Waals surface area contributed by atoms with Crippen molar-refractivity contribution in [2.45, 2.75) is 31.7 Å². The molecule has 8 nitrogen and oxygen atoms in total. The molecule has 0 radical (unpaired) electrons. The number of hydrogen-bond acceptors (Lipinski definition) is 6. The van der Waals surface area contributed by atoms with E-state index in [1.54, 1.807) is 24.4 Å². The van der Waals surface area contributed by atoms with Crippen molar-refractivity contribution in [3.05, 3.63) is 77.2 Å². The summed E-state index contributed by atoms with van der Waals surface area (Å²) in [6, 6.07) is 14.3. The molecule has 2 aromatic carbocycles. The van der Waals surface area contributed by atoms with E-state index in [1.165, 1.54) is 6.33 Å². The van der Waals surface area contributed by atoms with E-state index in [2.05, 4.69) is 20.3 Å². The minimum atomic E-state index is -0.265. The first kappa shape index (κ1) is 26.0. The molecule has 1 aliphatic rings. The van der Waals surface area contributed by atoms with Crippen LogP contribution in [0, 0.1) is 0 Å². The molecular weight excluding hydrogens is 525 g/mol. The largest absolute Gasteiger partial charge is 0.457 e. The van der Waals surface area contributed by atoms with E-state index in [0.29, 0.717) is 52.6 Å². The summed E-state index contributed by atoms with van der Waals surface area (Å²) in [7, 11) is 0. The number of anilines is 1. The van der Waals surface area contributed by atoms with Crippen LogP contribution in [0.5, 0.6) is 11.5 Å². The van der Waals surface area contributed by atoms with Crippen molar-refractivity contribution in [2.75, 3.05) is 24.3 Å². The molecule has 1 atom stereocenters. The molecule has 1 aliphatic heterocycles. The first-order valence-electron chi connectivity index (χ1n) is 12.5. The number of carbonyl (C=O) groups is 2. The lowest BCUT2D eigenvalue weighted by atomic mass is 10.0. The second-order valence-corrected chi connectivity index (χ2v) is 9.81. The van der Waals surface area contributed by atoms with Crippen LogP contribution >= 0.6 is 23.2 Å². The normalized spacial score (nSPS) is 15.7. The maximum absolute atomic E-state index is 13.6. The third-order valence-electron chi connectivity index (χ3n) is 6.70. The van der Waals surface area contributed by atoms with Crippen LogP contribution in [0.2, 0.25) is 5.02 Å². The maximum Gasteiger partial charge on any atom is 0.237 e. The lowest BCUT2D eigenvalue weighted by Crippen LogP contribution is -2.44. The second kappa shape index (κ2) is 11.8. The van der Waals surface area contributed by atoms with Gasteiger partial charge in [-0.3, -0.25) is 9.59 Å². The smallest absolute Gasteiger partial charge is 0.237 e. The number of alkyl halides is 1. The summed E-state index contributed by atoms with van der Waals surface area (Å²) in [5, 5.41) is 4.21. The Morgan fingerprint density at radius 3 is 2.68 bits per heavy atom. The van der Waals surface area contributed by atoms with Gasteiger partial charge in [0.25, 0.3) is 0 Å². The first-order chi connectivity index (χ1) is 18.5. The fraction of sp³-hybridized carbons (Fsp3) is 0.286. The van der Waals surface area contributed by atoms with Crippen LogP contribution in [-0.2, 0) is 4.79 Å². The summed E-state index contributed by atoms with van der Waals surface area (Å²) in [5.74, 6) is 1.34. The molecule has 1 amide bonds. The van der Waals surface area contributed by atoms with Gasteiger partial charge in [0, 0.05) is 37.0 Å². The van der Waals surface area contributed by atoms with Crippen molar-refractivity contribution in [1.29, 1.82) is 0 Å². The van der Waals surface area contributed by atoms with Crippen molar-refractivity contribution < 1.29 is 14.3 Å². The molecule has 5 rings (SSSR count). The molecule has 0 bridgehead atoms. The number of aromatic amines is 1. The Hall–Kier alpha value is -3.62. The van der Waals surface area contributed by atoms with E-state index in [4.69, 9.17) is 27.9 Å². The van der Waals surface area contributed by atoms with Crippen molar-refractivity contribution in [1.82, 2.24) is 19.9 Å². The lowest BCUT2D eigenvalue weighted by molar-refractivity contribution is -0.130. The van der Waals surface area contributed by atoms with Gasteiger partial charge in [0.15, 0.2) is 5.78 Å². The molecule has 196 valence electrons. The van der Waals surface area contributed by atoms with Crippen LogP contribution in [0.3, 0.4) is 0 Å². The summed E-state index contributed by atoms with van der Waals surface area (Å²) in [6.07, 6.45) is 7.00. The summed E-state index contributed by atoms with van der Waals surface area (Å²) in [4.78, 5) is 39.7. The van der Waals surface area contributed by atoms with Crippen LogP contribution in [0.25, 0.3) is 11.0 Å². The van der Waals surface area contributed by atoms with E-state index >= 15 is 0 Å². The van der Waals surface area contributed by atoms with Crippen LogP contribution in [0.15, 0.2) is 61.1 Å². The van der Waals surface area contributed by atoms with Crippen LogP contribution in [-0.4, -0.2) is 56.6 Å². The number of H-pyrrole nitrogens is 1. The Bertz CT molecular complexity index is 1440. The van der Waals surface area contributed by atoms with Gasteiger partial charge in [0.2, 0.25) is 5.91 Å². The fourth-order valence-corrected chi connectivity index (χ4v) is 5.21. The fourth-order valence-electron chi connectivity index (χ4n) is 4.80. The number of likely N-dealkylation sites (tertiary alicyclic amines) is 1. The molecule has 10 heteroatoms. The molecule has 0 aliphatic carbocycles. The number of para-hydroxylation sites is 1. The number of carbonyl (C=O) groups excluding carboxylic acids is 2. The van der Waals surface area contributed by atoms with Crippen molar-refractivity contribution in [3.8, 4) is 11.5 Å². The van der Waals surface area contributed by atoms with Crippen molar-refractivity contribution >= 4 is 51.7 Å². The Morgan fingerprint density at radius 1 is 1.05 bits per heavy atom. The Kier molecular flexibility index (Phi) is 8.10. The zero-order chi connectivity index (χ0) is 26.5. The third kappa shape index (κ3) is 5.61. The number of benzene rings is 2. The van der Waals surface area contributed by atoms with Gasteiger partial charge >= 0.3 is 0 Å². The van der Waals surface area contributed by atoms with E-state index in [9.17, 15) is 9.59 Å². The Labute approximate surface area is 230 Å². The van der Waals surface area contributed by atoms with Gasteiger partial charge < -0.3 is 19.9 Å². The number of fused-ring (bicyclic) bond motifs is 1. The average molecular weight is 552 g/mol. The first-order valence-corrected chi connectivity index (χ1v) is 13.4. The number of nitrogens with zero attached hydrogens (tertiary/aromatic N) is 3. The Balaban J connectivity index is 1.39. The molecule has 1 fully saturated rings. The number of ether oxygens (including phenoxy) is 1. The zero-order valence-electron chi connectivity index (χ0n) is 20.6. The summed E-state index contributed by atoms with van der Waals surface area (Å²) in [6.45, 7) is 1.17. The van der Waals surface area contributed by atoms with Crippen LogP contribution in [0.4, 0.5) is 5.82 Å². The molecule has 0 spiro atoms. The number of rotatable bonds is 8. The molecule has 0 saturated carbocycles. The summed E-state index contributed by atoms with van der Waals surface area (Å²) < 4.78 is 5.84. The van der Waals surface area contributed by atoms with Gasteiger partial charge in [-0.05, 0) is 37.1 Å². The van der Waals surface area contributed by atoms with Gasteiger partial charge in [-0.1, -0.05) is 42.6 Å². The molecule has 1 unspecified atom stereocenters. The summed E-state index contributed by atoms with van der Waals surface area (Å²) in [5.41, 5.74) is 1.27. The van der Waals surface area contributed by atoms with Crippen molar-refractivity contribution in [2.24, 2.45) is 0 Å². The summed E-state index contributed by atoms with van der Waals surface area (Å²) >= 11 is 12.4. The molecule has 4 aromatic rings. The van der Waals surface area contributed by atoms with E-state index in [0.717, 1.165) is 25.7 Å². The van der Waals surface area contributed by atoms with Gasteiger partial charge in [-0.15, -0.1) is 11.6 Å². The molecule has 38 heavy (non-hydrogen) atoms. The highest BCUT2D eigenvalue weighted by atomic mass is 35.5. The molecule has 2 aromatic heterocycles. The number of halogens is 2. The lowest BCUT2D eigenvalue weighted by Gasteiger charge is -2.30. The predicted octanol–water partition coefficient (Wildman–Crippen LogP) is 6.06. The number of nitrogens with one attached hydrogen (secondary N) is 2. The van der Waals surface area contributed by atoms with Crippen LogP contribution < -0.4 is 10.1 Å². The SMILES string of the molecule is O=C(c1ccc(Oc2ccccc2)cc1Cl)c1c[nH]c2ncnc(NCC3CCCCCN3C(=O)CCl)c12. The van der Waals surface area contributed by atoms with Gasteiger partial charge in [-0.2, -0.15) is 0 Å². The van der Waals surface area contributed by atoms with E-state index in [1.807, 2.05) is 35.2 Å². The van der Waals surface area contributed by atoms with Crippen molar-refractivity contribution in [3.63, 3.8) is 0 Å². The number of aromatic nitrogens is 3.